The number of hydrogen-bond donors (Lipinski definition) is 2. The first-order valence-corrected chi connectivity index (χ1v) is 6.25. The Morgan fingerprint density at radius 1 is 1.33 bits per heavy atom. The molecule has 0 saturated carbocycles. The molecule has 1 aromatic heterocycles. The Morgan fingerprint density at radius 2 is 2.00 bits per heavy atom. The molecule has 0 bridgehead atoms. The number of rotatable bonds is 6. The molecule has 2 N–H and O–H groups in total. The number of aliphatic imine (C=N–C) groups is 1. The molecule has 0 aliphatic carbocycles. The van der Waals surface area contributed by atoms with E-state index in [1.54, 1.807) is 6.20 Å². The molecule has 0 amide bonds. The van der Waals surface area contributed by atoms with Gasteiger partial charge >= 0.3 is 0 Å². The van der Waals surface area contributed by atoms with Crippen molar-refractivity contribution in [3.05, 3.63) is 18.5 Å². The van der Waals surface area contributed by atoms with E-state index in [1.807, 2.05) is 16.9 Å². The molecule has 0 fully saturated rings. The fraction of sp³-hybridized carbons (Fsp3) is 0.667. The van der Waals surface area contributed by atoms with E-state index >= 15 is 0 Å². The minimum absolute atomic E-state index is 0. The minimum Gasteiger partial charge on any atom is -0.357 e. The molecule has 1 atom stereocenters. The number of nitrogens with one attached hydrogen (secondary N) is 2. The smallest absolute Gasteiger partial charge is 0.191 e. The van der Waals surface area contributed by atoms with Crippen molar-refractivity contribution >= 4 is 29.9 Å². The Bertz CT molecular complexity index is 315. The van der Waals surface area contributed by atoms with E-state index in [1.165, 1.54) is 0 Å². The molecule has 0 spiro atoms. The van der Waals surface area contributed by atoms with E-state index in [-0.39, 0.29) is 24.0 Å². The van der Waals surface area contributed by atoms with Gasteiger partial charge in [0.1, 0.15) is 0 Å². The third kappa shape index (κ3) is 6.83. The van der Waals surface area contributed by atoms with Crippen molar-refractivity contribution in [2.45, 2.75) is 27.3 Å². The second-order valence-corrected chi connectivity index (χ2v) is 4.08. The van der Waals surface area contributed by atoms with Gasteiger partial charge in [0.25, 0.3) is 0 Å². The Labute approximate surface area is 126 Å². The summed E-state index contributed by atoms with van der Waals surface area (Å²) in [5, 5.41) is 10.6. The van der Waals surface area contributed by atoms with E-state index in [2.05, 4.69) is 41.5 Å². The molecular formula is C12H24IN5. The SMILES string of the molecule is CCNC(=NCC(C)Cn1cccn1)NCC.I. The number of hydrogen-bond acceptors (Lipinski definition) is 2. The summed E-state index contributed by atoms with van der Waals surface area (Å²) in [6.07, 6.45) is 3.79. The highest BCUT2D eigenvalue weighted by molar-refractivity contribution is 14.0. The van der Waals surface area contributed by atoms with Crippen LogP contribution in [0, 0.1) is 5.92 Å². The van der Waals surface area contributed by atoms with Crippen molar-refractivity contribution < 1.29 is 0 Å². The van der Waals surface area contributed by atoms with Crippen LogP contribution in [-0.4, -0.2) is 35.4 Å². The van der Waals surface area contributed by atoms with Crippen molar-refractivity contribution in [1.29, 1.82) is 0 Å². The zero-order valence-corrected chi connectivity index (χ0v) is 13.7. The van der Waals surface area contributed by atoms with Crippen LogP contribution in [0.5, 0.6) is 0 Å². The van der Waals surface area contributed by atoms with Gasteiger partial charge in [-0.05, 0) is 25.8 Å². The summed E-state index contributed by atoms with van der Waals surface area (Å²) in [6.45, 7) is 9.80. The summed E-state index contributed by atoms with van der Waals surface area (Å²) >= 11 is 0. The number of aromatic nitrogens is 2. The maximum Gasteiger partial charge on any atom is 0.191 e. The normalized spacial score (nSPS) is 11.3. The monoisotopic (exact) mass is 365 g/mol. The van der Waals surface area contributed by atoms with Crippen LogP contribution in [0.4, 0.5) is 0 Å². The van der Waals surface area contributed by atoms with E-state index in [9.17, 15) is 0 Å². The summed E-state index contributed by atoms with van der Waals surface area (Å²) in [6, 6.07) is 1.94. The summed E-state index contributed by atoms with van der Waals surface area (Å²) in [5.41, 5.74) is 0. The van der Waals surface area contributed by atoms with Gasteiger partial charge < -0.3 is 10.6 Å². The predicted octanol–water partition coefficient (Wildman–Crippen LogP) is 1.71. The zero-order chi connectivity index (χ0) is 12.5. The quantitative estimate of drug-likeness (QED) is 0.459. The molecule has 6 heteroatoms. The maximum atomic E-state index is 4.54. The Morgan fingerprint density at radius 3 is 2.50 bits per heavy atom. The van der Waals surface area contributed by atoms with Crippen LogP contribution in [0.2, 0.25) is 0 Å². The number of halogens is 1. The summed E-state index contributed by atoms with van der Waals surface area (Å²) < 4.78 is 1.94. The Balaban J connectivity index is 0.00000289. The molecule has 5 nitrogen and oxygen atoms in total. The number of nitrogens with zero attached hydrogens (tertiary/aromatic N) is 3. The van der Waals surface area contributed by atoms with Crippen LogP contribution >= 0.6 is 24.0 Å². The molecule has 1 rings (SSSR count). The van der Waals surface area contributed by atoms with Crippen molar-refractivity contribution in [3.63, 3.8) is 0 Å². The average Bonchev–Trinajstić information content (AvgIpc) is 2.79. The molecule has 0 aliphatic heterocycles. The predicted molar refractivity (Wildman–Crippen MR) is 86.5 cm³/mol. The van der Waals surface area contributed by atoms with Crippen molar-refractivity contribution in [2.24, 2.45) is 10.9 Å². The standard InChI is InChI=1S/C12H23N5.HI/c1-4-13-12(14-5-2)15-9-11(3)10-17-8-6-7-16-17;/h6-8,11H,4-5,9-10H2,1-3H3,(H2,13,14,15);1H. The second kappa shape index (κ2) is 10.2. The van der Waals surface area contributed by atoms with Crippen LogP contribution in [0.25, 0.3) is 0 Å². The molecule has 18 heavy (non-hydrogen) atoms. The zero-order valence-electron chi connectivity index (χ0n) is 11.4. The maximum absolute atomic E-state index is 4.54. The topological polar surface area (TPSA) is 54.2 Å². The van der Waals surface area contributed by atoms with Crippen LogP contribution in [0.15, 0.2) is 23.5 Å². The first-order chi connectivity index (χ1) is 8.26. The lowest BCUT2D eigenvalue weighted by Crippen LogP contribution is -2.37. The van der Waals surface area contributed by atoms with Crippen LogP contribution < -0.4 is 10.6 Å². The van der Waals surface area contributed by atoms with Gasteiger partial charge in [-0.1, -0.05) is 6.92 Å². The molecule has 1 unspecified atom stereocenters. The van der Waals surface area contributed by atoms with Gasteiger partial charge in [-0.25, -0.2) is 0 Å². The molecule has 0 aromatic carbocycles. The molecular weight excluding hydrogens is 341 g/mol. The van der Waals surface area contributed by atoms with Crippen molar-refractivity contribution in [3.8, 4) is 0 Å². The Hall–Kier alpha value is -0.790. The first kappa shape index (κ1) is 17.2. The lowest BCUT2D eigenvalue weighted by molar-refractivity contribution is 0.458. The van der Waals surface area contributed by atoms with Crippen LogP contribution in [0.1, 0.15) is 20.8 Å². The summed E-state index contributed by atoms with van der Waals surface area (Å²) in [4.78, 5) is 4.54. The van der Waals surface area contributed by atoms with E-state index in [4.69, 9.17) is 0 Å². The van der Waals surface area contributed by atoms with E-state index in [0.717, 1.165) is 32.1 Å². The van der Waals surface area contributed by atoms with E-state index < -0.39 is 0 Å². The number of guanidine groups is 1. The lowest BCUT2D eigenvalue weighted by atomic mass is 10.2. The summed E-state index contributed by atoms with van der Waals surface area (Å²) in [7, 11) is 0. The highest BCUT2D eigenvalue weighted by atomic mass is 127. The molecule has 0 radical (unpaired) electrons. The van der Waals surface area contributed by atoms with Gasteiger partial charge in [-0.2, -0.15) is 5.10 Å². The van der Waals surface area contributed by atoms with Gasteiger partial charge in [0.2, 0.25) is 0 Å². The molecule has 104 valence electrons. The van der Waals surface area contributed by atoms with Gasteiger partial charge in [-0.3, -0.25) is 9.67 Å². The van der Waals surface area contributed by atoms with Gasteiger partial charge in [-0.15, -0.1) is 24.0 Å². The minimum atomic E-state index is 0. The molecule has 1 heterocycles. The third-order valence-corrected chi connectivity index (χ3v) is 2.31. The third-order valence-electron chi connectivity index (χ3n) is 2.31. The van der Waals surface area contributed by atoms with Gasteiger partial charge in [0.05, 0.1) is 0 Å². The highest BCUT2D eigenvalue weighted by Crippen LogP contribution is 1.99. The second-order valence-electron chi connectivity index (χ2n) is 4.08. The summed E-state index contributed by atoms with van der Waals surface area (Å²) in [5.74, 6) is 1.37. The first-order valence-electron chi connectivity index (χ1n) is 6.25. The fourth-order valence-electron chi connectivity index (χ4n) is 1.54. The largest absolute Gasteiger partial charge is 0.357 e. The van der Waals surface area contributed by atoms with E-state index in [0.29, 0.717) is 5.92 Å². The fourth-order valence-corrected chi connectivity index (χ4v) is 1.54. The van der Waals surface area contributed by atoms with Crippen LogP contribution in [0.3, 0.4) is 0 Å². The molecule has 0 aliphatic rings. The molecule has 1 aromatic rings. The lowest BCUT2D eigenvalue weighted by Gasteiger charge is -2.12. The van der Waals surface area contributed by atoms with Gasteiger partial charge in [0.15, 0.2) is 5.96 Å². The Kier molecular flexibility index (Phi) is 9.72. The van der Waals surface area contributed by atoms with Gasteiger partial charge in [0, 0.05) is 38.6 Å². The highest BCUT2D eigenvalue weighted by Gasteiger charge is 2.03. The molecule has 0 saturated heterocycles. The van der Waals surface area contributed by atoms with Crippen molar-refractivity contribution in [2.75, 3.05) is 19.6 Å². The van der Waals surface area contributed by atoms with Crippen molar-refractivity contribution in [1.82, 2.24) is 20.4 Å². The average molecular weight is 365 g/mol. The van der Waals surface area contributed by atoms with Crippen LogP contribution in [-0.2, 0) is 6.54 Å².